The van der Waals surface area contributed by atoms with Gasteiger partial charge in [0.15, 0.2) is 0 Å². The largest absolute Gasteiger partial charge is 0.396 e. The maximum absolute atomic E-state index is 9.00. The summed E-state index contributed by atoms with van der Waals surface area (Å²) in [6.45, 7) is 7.49. The fourth-order valence-corrected chi connectivity index (χ4v) is 2.45. The zero-order valence-electron chi connectivity index (χ0n) is 10.9. The SMILES string of the molecule is CCCN1CCN(c2cccc(C#N)c2N)CC1. The predicted octanol–water partition coefficient (Wildman–Crippen LogP) is 1.67. The third kappa shape index (κ3) is 2.57. The molecule has 0 atom stereocenters. The Morgan fingerprint density at radius 1 is 1.28 bits per heavy atom. The first kappa shape index (κ1) is 12.7. The van der Waals surface area contributed by atoms with Gasteiger partial charge < -0.3 is 10.6 Å². The van der Waals surface area contributed by atoms with E-state index < -0.39 is 0 Å². The van der Waals surface area contributed by atoms with Crippen LogP contribution in [0.3, 0.4) is 0 Å². The molecule has 0 aliphatic carbocycles. The number of benzene rings is 1. The second kappa shape index (κ2) is 5.74. The molecule has 1 aliphatic rings. The van der Waals surface area contributed by atoms with Gasteiger partial charge in [-0.05, 0) is 25.1 Å². The molecule has 1 saturated heterocycles. The maximum atomic E-state index is 9.00. The van der Waals surface area contributed by atoms with Crippen molar-refractivity contribution >= 4 is 11.4 Å². The van der Waals surface area contributed by atoms with Gasteiger partial charge in [-0.1, -0.05) is 13.0 Å². The first-order chi connectivity index (χ1) is 8.76. The smallest absolute Gasteiger partial charge is 0.101 e. The highest BCUT2D eigenvalue weighted by Crippen LogP contribution is 2.27. The van der Waals surface area contributed by atoms with E-state index in [9.17, 15) is 0 Å². The van der Waals surface area contributed by atoms with E-state index >= 15 is 0 Å². The van der Waals surface area contributed by atoms with E-state index in [4.69, 9.17) is 11.0 Å². The van der Waals surface area contributed by atoms with Crippen LogP contribution in [0.5, 0.6) is 0 Å². The van der Waals surface area contributed by atoms with E-state index in [-0.39, 0.29) is 0 Å². The normalized spacial score (nSPS) is 16.6. The summed E-state index contributed by atoms with van der Waals surface area (Å²) < 4.78 is 0. The monoisotopic (exact) mass is 244 g/mol. The first-order valence-electron chi connectivity index (χ1n) is 6.52. The van der Waals surface area contributed by atoms with Gasteiger partial charge in [-0.25, -0.2) is 0 Å². The van der Waals surface area contributed by atoms with Gasteiger partial charge >= 0.3 is 0 Å². The Morgan fingerprint density at radius 2 is 2.00 bits per heavy atom. The summed E-state index contributed by atoms with van der Waals surface area (Å²) in [5, 5.41) is 9.00. The molecule has 1 heterocycles. The molecule has 0 radical (unpaired) electrons. The van der Waals surface area contributed by atoms with Crippen molar-refractivity contribution in [3.8, 4) is 6.07 Å². The summed E-state index contributed by atoms with van der Waals surface area (Å²) in [4.78, 5) is 4.75. The summed E-state index contributed by atoms with van der Waals surface area (Å²) in [5.41, 5.74) is 8.23. The van der Waals surface area contributed by atoms with Crippen LogP contribution in [-0.4, -0.2) is 37.6 Å². The third-order valence-corrected chi connectivity index (χ3v) is 3.46. The number of para-hydroxylation sites is 1. The molecule has 2 rings (SSSR count). The minimum atomic E-state index is 0.573. The fourth-order valence-electron chi connectivity index (χ4n) is 2.45. The molecule has 1 aromatic carbocycles. The van der Waals surface area contributed by atoms with E-state index in [1.54, 1.807) is 6.07 Å². The topological polar surface area (TPSA) is 56.3 Å². The van der Waals surface area contributed by atoms with Crippen molar-refractivity contribution in [2.24, 2.45) is 0 Å². The number of nitriles is 1. The van der Waals surface area contributed by atoms with E-state index in [2.05, 4.69) is 22.8 Å². The van der Waals surface area contributed by atoms with Gasteiger partial charge in [0, 0.05) is 26.2 Å². The molecule has 96 valence electrons. The molecule has 0 spiro atoms. The Bertz CT molecular complexity index is 442. The summed E-state index contributed by atoms with van der Waals surface area (Å²) in [7, 11) is 0. The number of hydrogen-bond acceptors (Lipinski definition) is 4. The summed E-state index contributed by atoms with van der Waals surface area (Å²) in [6.07, 6.45) is 1.20. The average molecular weight is 244 g/mol. The van der Waals surface area contributed by atoms with Crippen LogP contribution in [0.1, 0.15) is 18.9 Å². The van der Waals surface area contributed by atoms with Gasteiger partial charge in [0.05, 0.1) is 16.9 Å². The van der Waals surface area contributed by atoms with Crippen molar-refractivity contribution in [3.05, 3.63) is 23.8 Å². The van der Waals surface area contributed by atoms with Gasteiger partial charge in [0.1, 0.15) is 6.07 Å². The van der Waals surface area contributed by atoms with Crippen LogP contribution in [0.15, 0.2) is 18.2 Å². The lowest BCUT2D eigenvalue weighted by molar-refractivity contribution is 0.258. The molecule has 0 aromatic heterocycles. The minimum absolute atomic E-state index is 0.573. The Kier molecular flexibility index (Phi) is 4.06. The van der Waals surface area contributed by atoms with Crippen LogP contribution in [0.25, 0.3) is 0 Å². The zero-order valence-corrected chi connectivity index (χ0v) is 10.9. The highest BCUT2D eigenvalue weighted by Gasteiger charge is 2.18. The molecule has 1 fully saturated rings. The van der Waals surface area contributed by atoms with Gasteiger partial charge in [0.25, 0.3) is 0 Å². The first-order valence-corrected chi connectivity index (χ1v) is 6.52. The van der Waals surface area contributed by atoms with Crippen molar-refractivity contribution in [1.82, 2.24) is 4.90 Å². The Labute approximate surface area is 109 Å². The van der Waals surface area contributed by atoms with Crippen LogP contribution in [0.2, 0.25) is 0 Å². The Morgan fingerprint density at radius 3 is 2.61 bits per heavy atom. The third-order valence-electron chi connectivity index (χ3n) is 3.46. The molecular formula is C14H20N4. The quantitative estimate of drug-likeness (QED) is 0.822. The van der Waals surface area contributed by atoms with Crippen LogP contribution in [-0.2, 0) is 0 Å². The van der Waals surface area contributed by atoms with Crippen LogP contribution < -0.4 is 10.6 Å². The molecule has 4 heteroatoms. The molecule has 0 saturated carbocycles. The number of piperazine rings is 1. The van der Waals surface area contributed by atoms with Crippen molar-refractivity contribution in [2.45, 2.75) is 13.3 Å². The van der Waals surface area contributed by atoms with Gasteiger partial charge in [0.2, 0.25) is 0 Å². The molecule has 1 aliphatic heterocycles. The number of nitrogens with two attached hydrogens (primary N) is 1. The Balaban J connectivity index is 2.08. The molecule has 0 amide bonds. The van der Waals surface area contributed by atoms with Gasteiger partial charge in [-0.15, -0.1) is 0 Å². The molecule has 18 heavy (non-hydrogen) atoms. The zero-order chi connectivity index (χ0) is 13.0. The number of hydrogen-bond donors (Lipinski definition) is 1. The van der Waals surface area contributed by atoms with Crippen molar-refractivity contribution in [2.75, 3.05) is 43.4 Å². The second-order valence-corrected chi connectivity index (χ2v) is 4.68. The molecule has 4 nitrogen and oxygen atoms in total. The van der Waals surface area contributed by atoms with E-state index in [0.29, 0.717) is 11.3 Å². The molecule has 0 bridgehead atoms. The lowest BCUT2D eigenvalue weighted by atomic mass is 10.1. The number of rotatable bonds is 3. The van der Waals surface area contributed by atoms with Gasteiger partial charge in [-0.2, -0.15) is 5.26 Å². The van der Waals surface area contributed by atoms with Crippen molar-refractivity contribution in [1.29, 1.82) is 5.26 Å². The maximum Gasteiger partial charge on any atom is 0.101 e. The Hall–Kier alpha value is -1.73. The van der Waals surface area contributed by atoms with E-state index in [1.165, 1.54) is 13.0 Å². The van der Waals surface area contributed by atoms with Crippen molar-refractivity contribution < 1.29 is 0 Å². The summed E-state index contributed by atoms with van der Waals surface area (Å²) >= 11 is 0. The summed E-state index contributed by atoms with van der Waals surface area (Å²) in [5.74, 6) is 0. The van der Waals surface area contributed by atoms with E-state index in [0.717, 1.165) is 31.9 Å². The predicted molar refractivity (Wildman–Crippen MR) is 74.5 cm³/mol. The highest BCUT2D eigenvalue weighted by atomic mass is 15.3. The lowest BCUT2D eigenvalue weighted by Gasteiger charge is -2.36. The average Bonchev–Trinajstić information content (AvgIpc) is 2.41. The van der Waals surface area contributed by atoms with Crippen molar-refractivity contribution in [3.63, 3.8) is 0 Å². The fraction of sp³-hybridized carbons (Fsp3) is 0.500. The number of nitrogen functional groups attached to an aromatic ring is 1. The molecule has 2 N–H and O–H groups in total. The summed E-state index contributed by atoms with van der Waals surface area (Å²) in [6, 6.07) is 7.82. The van der Waals surface area contributed by atoms with Crippen LogP contribution in [0.4, 0.5) is 11.4 Å². The molecular weight excluding hydrogens is 224 g/mol. The highest BCUT2D eigenvalue weighted by molar-refractivity contribution is 5.74. The minimum Gasteiger partial charge on any atom is -0.396 e. The lowest BCUT2D eigenvalue weighted by Crippen LogP contribution is -2.46. The van der Waals surface area contributed by atoms with Crippen LogP contribution in [0, 0.1) is 11.3 Å². The van der Waals surface area contributed by atoms with E-state index in [1.807, 2.05) is 12.1 Å². The number of anilines is 2. The molecule has 1 aromatic rings. The standard InChI is InChI=1S/C14H20N4/c1-2-6-17-7-9-18(10-8-17)13-5-3-4-12(11-15)14(13)16/h3-5H,2,6-10,16H2,1H3. The second-order valence-electron chi connectivity index (χ2n) is 4.68. The van der Waals surface area contributed by atoms with Gasteiger partial charge in [-0.3, -0.25) is 4.90 Å². The van der Waals surface area contributed by atoms with Crippen LogP contribution >= 0.6 is 0 Å². The number of nitrogens with zero attached hydrogens (tertiary/aromatic N) is 3. The molecule has 0 unspecified atom stereocenters.